The first kappa shape index (κ1) is 29.7. The number of hydrogen-bond donors (Lipinski definition) is 3. The van der Waals surface area contributed by atoms with E-state index < -0.39 is 34.6 Å². The molecule has 1 aliphatic carbocycles. The Morgan fingerprint density at radius 3 is 2.58 bits per heavy atom. The van der Waals surface area contributed by atoms with Gasteiger partial charge in [-0.15, -0.1) is 0 Å². The Labute approximate surface area is 260 Å². The van der Waals surface area contributed by atoms with Crippen molar-refractivity contribution >= 4 is 46.4 Å². The van der Waals surface area contributed by atoms with Crippen molar-refractivity contribution in [2.24, 2.45) is 5.73 Å². The molecule has 2 heterocycles. The number of carbonyl (C=O) groups excluding carboxylic acids is 2. The van der Waals surface area contributed by atoms with Gasteiger partial charge in [0.25, 0.3) is 0 Å². The highest BCUT2D eigenvalue weighted by atomic mass is 35.5. The lowest BCUT2D eigenvalue weighted by molar-refractivity contribution is -0.118. The quantitative estimate of drug-likeness (QED) is 0.294. The molecule has 0 aromatic heterocycles. The van der Waals surface area contributed by atoms with E-state index in [1.807, 2.05) is 12.1 Å². The fourth-order valence-corrected chi connectivity index (χ4v) is 8.34. The predicted molar refractivity (Wildman–Crippen MR) is 168 cm³/mol. The molecule has 0 unspecified atom stereocenters. The van der Waals surface area contributed by atoms with Crippen molar-refractivity contribution in [3.63, 3.8) is 0 Å². The van der Waals surface area contributed by atoms with E-state index in [4.69, 9.17) is 33.7 Å². The van der Waals surface area contributed by atoms with Gasteiger partial charge in [0.15, 0.2) is 0 Å². The highest BCUT2D eigenvalue weighted by Gasteiger charge is 2.69. The van der Waals surface area contributed by atoms with E-state index in [2.05, 4.69) is 28.5 Å². The molecular formula is C33H35Cl2FN4O3. The van der Waals surface area contributed by atoms with E-state index in [-0.39, 0.29) is 16.5 Å². The second-order valence-corrected chi connectivity index (χ2v) is 12.6. The molecule has 2 fully saturated rings. The summed E-state index contributed by atoms with van der Waals surface area (Å²) in [6.45, 7) is 3.43. The minimum Gasteiger partial charge on any atom is -0.495 e. The van der Waals surface area contributed by atoms with E-state index in [0.29, 0.717) is 28.6 Å². The van der Waals surface area contributed by atoms with Crippen LogP contribution in [0.1, 0.15) is 66.4 Å². The molecule has 4 N–H and O–H groups in total. The van der Waals surface area contributed by atoms with E-state index in [0.717, 1.165) is 49.9 Å². The molecule has 3 aliphatic rings. The highest BCUT2D eigenvalue weighted by molar-refractivity contribution is 6.31. The number of benzene rings is 3. The standard InChI is InChI=1S/C33H35Cl2FN4O3/c1-3-40-18-33(22-12-11-20(34)17-25(22)40)27(21-8-7-9-23(35)28(21)36)29(39-32(33)14-5-4-6-15-32)31(42)38-24-13-10-19(30(37)41)16-26(24)43-2/h7-13,16-17,27,29,39H,3-6,14-15,18H2,1-2H3,(H2,37,41)(H,38,42)/t27-,29+,33+/m0/s1. The number of nitrogens with one attached hydrogen (secondary N) is 2. The van der Waals surface area contributed by atoms with Crippen LogP contribution in [0.5, 0.6) is 5.75 Å². The normalized spacial score (nSPS) is 23.9. The van der Waals surface area contributed by atoms with Gasteiger partial charge in [0.05, 0.1) is 23.9 Å². The summed E-state index contributed by atoms with van der Waals surface area (Å²) in [4.78, 5) is 28.5. The third kappa shape index (κ3) is 4.66. The number of carbonyl (C=O) groups is 2. The van der Waals surface area contributed by atoms with Crippen molar-refractivity contribution in [2.45, 2.75) is 61.9 Å². The zero-order valence-electron chi connectivity index (χ0n) is 24.2. The van der Waals surface area contributed by atoms with Crippen molar-refractivity contribution in [1.29, 1.82) is 0 Å². The molecular weight excluding hydrogens is 590 g/mol. The van der Waals surface area contributed by atoms with Crippen molar-refractivity contribution < 1.29 is 18.7 Å². The van der Waals surface area contributed by atoms with Crippen molar-refractivity contribution in [2.75, 3.05) is 30.4 Å². The van der Waals surface area contributed by atoms with Crippen LogP contribution in [-0.2, 0) is 10.2 Å². The number of halogens is 3. The molecule has 3 atom stereocenters. The molecule has 3 aromatic carbocycles. The van der Waals surface area contributed by atoms with Crippen LogP contribution in [0.25, 0.3) is 0 Å². The molecule has 226 valence electrons. The number of likely N-dealkylation sites (N-methyl/N-ethyl adjacent to an activating group) is 1. The summed E-state index contributed by atoms with van der Waals surface area (Å²) in [7, 11) is 1.46. The molecule has 0 bridgehead atoms. The number of primary amides is 1. The molecule has 3 aromatic rings. The van der Waals surface area contributed by atoms with Crippen molar-refractivity contribution in [3.8, 4) is 5.75 Å². The fourth-order valence-electron chi connectivity index (χ4n) is 7.99. The van der Waals surface area contributed by atoms with E-state index >= 15 is 4.39 Å². The maximum atomic E-state index is 16.2. The van der Waals surface area contributed by atoms with Gasteiger partial charge >= 0.3 is 0 Å². The Hall–Kier alpha value is -3.33. The summed E-state index contributed by atoms with van der Waals surface area (Å²) in [5, 5.41) is 7.49. The smallest absolute Gasteiger partial charge is 0.248 e. The minimum atomic E-state index is -0.813. The number of hydrogen-bond acceptors (Lipinski definition) is 5. The van der Waals surface area contributed by atoms with E-state index in [1.54, 1.807) is 18.2 Å². The average Bonchev–Trinajstić information content (AvgIpc) is 3.47. The molecule has 2 spiro atoms. The number of rotatable bonds is 6. The molecule has 43 heavy (non-hydrogen) atoms. The van der Waals surface area contributed by atoms with Crippen LogP contribution in [0.2, 0.25) is 10.0 Å². The van der Waals surface area contributed by atoms with Gasteiger partial charge in [0, 0.05) is 46.2 Å². The van der Waals surface area contributed by atoms with Gasteiger partial charge in [0.2, 0.25) is 11.8 Å². The van der Waals surface area contributed by atoms with Crippen LogP contribution >= 0.6 is 23.2 Å². The average molecular weight is 626 g/mol. The molecule has 2 aliphatic heterocycles. The van der Waals surface area contributed by atoms with Gasteiger partial charge in [0.1, 0.15) is 11.6 Å². The fraction of sp³-hybridized carbons (Fsp3) is 0.394. The molecule has 2 amide bonds. The van der Waals surface area contributed by atoms with Gasteiger partial charge in [-0.3, -0.25) is 14.9 Å². The number of methoxy groups -OCH3 is 1. The summed E-state index contributed by atoms with van der Waals surface area (Å²) >= 11 is 12.9. The van der Waals surface area contributed by atoms with E-state index in [1.165, 1.54) is 25.3 Å². The Kier molecular flexibility index (Phi) is 7.82. The summed E-state index contributed by atoms with van der Waals surface area (Å²) in [6.07, 6.45) is 4.76. The second-order valence-electron chi connectivity index (χ2n) is 11.8. The van der Waals surface area contributed by atoms with Gasteiger partial charge < -0.3 is 20.7 Å². The summed E-state index contributed by atoms with van der Waals surface area (Å²) < 4.78 is 21.7. The maximum absolute atomic E-state index is 16.2. The molecule has 7 nitrogen and oxygen atoms in total. The van der Waals surface area contributed by atoms with Crippen LogP contribution < -0.4 is 26.0 Å². The Morgan fingerprint density at radius 2 is 1.88 bits per heavy atom. The first-order valence-electron chi connectivity index (χ1n) is 14.7. The van der Waals surface area contributed by atoms with Crippen LogP contribution in [0.4, 0.5) is 15.8 Å². The van der Waals surface area contributed by atoms with Crippen LogP contribution in [0, 0.1) is 5.82 Å². The number of anilines is 2. The van der Waals surface area contributed by atoms with E-state index in [9.17, 15) is 9.59 Å². The Balaban J connectivity index is 1.55. The Bertz CT molecular complexity index is 1590. The lowest BCUT2D eigenvalue weighted by atomic mass is 9.56. The van der Waals surface area contributed by atoms with Crippen molar-refractivity contribution in [3.05, 3.63) is 87.2 Å². The first-order valence-corrected chi connectivity index (χ1v) is 15.5. The van der Waals surface area contributed by atoms with Crippen molar-refractivity contribution in [1.82, 2.24) is 5.32 Å². The number of amides is 2. The summed E-state index contributed by atoms with van der Waals surface area (Å²) in [6, 6.07) is 14.8. The topological polar surface area (TPSA) is 96.7 Å². The maximum Gasteiger partial charge on any atom is 0.248 e. The molecule has 1 saturated heterocycles. The highest BCUT2D eigenvalue weighted by Crippen LogP contribution is 2.63. The SMILES string of the molecule is CCN1C[C@@]2(c3ccc(Cl)cc31)[C@@H](c1cccc(Cl)c1F)[C@H](C(=O)Nc1ccc(C(N)=O)cc1OC)NC21CCCCC1. The minimum absolute atomic E-state index is 0.0155. The number of fused-ring (bicyclic) bond motifs is 3. The predicted octanol–water partition coefficient (Wildman–Crippen LogP) is 6.41. The monoisotopic (exact) mass is 624 g/mol. The molecule has 6 rings (SSSR count). The zero-order valence-corrected chi connectivity index (χ0v) is 25.7. The largest absolute Gasteiger partial charge is 0.495 e. The number of nitrogens with two attached hydrogens (primary N) is 1. The Morgan fingerprint density at radius 1 is 1.12 bits per heavy atom. The molecule has 1 saturated carbocycles. The van der Waals surface area contributed by atoms with Gasteiger partial charge in [-0.1, -0.05) is 60.7 Å². The second kappa shape index (κ2) is 11.3. The number of nitrogens with zero attached hydrogens (tertiary/aromatic N) is 1. The number of ether oxygens (including phenoxy) is 1. The van der Waals surface area contributed by atoms with Crippen LogP contribution in [0.15, 0.2) is 54.6 Å². The lowest BCUT2D eigenvalue weighted by Crippen LogP contribution is -2.59. The lowest BCUT2D eigenvalue weighted by Gasteiger charge is -2.49. The van der Waals surface area contributed by atoms with Gasteiger partial charge in [-0.05, 0) is 67.3 Å². The zero-order chi connectivity index (χ0) is 30.5. The van der Waals surface area contributed by atoms with Crippen LogP contribution in [-0.4, -0.2) is 43.6 Å². The van der Waals surface area contributed by atoms with Gasteiger partial charge in [-0.2, -0.15) is 0 Å². The summed E-state index contributed by atoms with van der Waals surface area (Å²) in [5.41, 5.74) is 7.44. The molecule has 0 radical (unpaired) electrons. The molecule has 10 heteroatoms. The first-order chi connectivity index (χ1) is 20.7. The third-order valence-electron chi connectivity index (χ3n) is 9.80. The third-order valence-corrected chi connectivity index (χ3v) is 10.3. The van der Waals surface area contributed by atoms with Crippen LogP contribution in [0.3, 0.4) is 0 Å². The summed E-state index contributed by atoms with van der Waals surface area (Å²) in [5.74, 6) is -1.76. The van der Waals surface area contributed by atoms with Gasteiger partial charge in [-0.25, -0.2) is 4.39 Å².